The molecule has 27 heavy (non-hydrogen) atoms. The summed E-state index contributed by atoms with van der Waals surface area (Å²) in [4.78, 5) is 21.3. The van der Waals surface area contributed by atoms with Crippen molar-refractivity contribution in [3.05, 3.63) is 60.4 Å². The molecular weight excluding hydrogens is 342 g/mol. The van der Waals surface area contributed by atoms with E-state index in [9.17, 15) is 5.26 Å². The van der Waals surface area contributed by atoms with E-state index in [-0.39, 0.29) is 11.4 Å². The Morgan fingerprint density at radius 1 is 1.11 bits per heavy atom. The van der Waals surface area contributed by atoms with Gasteiger partial charge in [0.15, 0.2) is 0 Å². The van der Waals surface area contributed by atoms with Gasteiger partial charge in [-0.05, 0) is 18.2 Å². The summed E-state index contributed by atoms with van der Waals surface area (Å²) in [6, 6.07) is 9.61. The standard InChI is InChI=1S/C18H15N9/c19-10-12-16(20)24-11-25-17(12)22-8-5-14-15(13-4-1-2-6-21-13)27-9-3-7-23-18(27)26-14/h1-4,6-7,9,11H,5,8H2,(H3,20,22,24,25). The molecule has 0 saturated heterocycles. The lowest BCUT2D eigenvalue weighted by Crippen LogP contribution is -2.10. The average molecular weight is 357 g/mol. The van der Waals surface area contributed by atoms with Gasteiger partial charge in [0, 0.05) is 31.6 Å². The van der Waals surface area contributed by atoms with E-state index in [1.54, 1.807) is 12.4 Å². The number of hydrogen-bond donors (Lipinski definition) is 2. The Kier molecular flexibility index (Phi) is 4.29. The predicted molar refractivity (Wildman–Crippen MR) is 99.6 cm³/mol. The number of rotatable bonds is 5. The highest BCUT2D eigenvalue weighted by Crippen LogP contribution is 2.23. The van der Waals surface area contributed by atoms with Gasteiger partial charge in [-0.25, -0.2) is 19.9 Å². The van der Waals surface area contributed by atoms with Crippen LogP contribution < -0.4 is 11.1 Å². The van der Waals surface area contributed by atoms with Gasteiger partial charge in [-0.15, -0.1) is 0 Å². The molecule has 3 N–H and O–H groups in total. The summed E-state index contributed by atoms with van der Waals surface area (Å²) < 4.78 is 1.92. The van der Waals surface area contributed by atoms with E-state index in [0.717, 1.165) is 17.1 Å². The Bertz CT molecular complexity index is 1130. The van der Waals surface area contributed by atoms with Gasteiger partial charge in [0.25, 0.3) is 0 Å². The summed E-state index contributed by atoms with van der Waals surface area (Å²) in [7, 11) is 0. The lowest BCUT2D eigenvalue weighted by molar-refractivity contribution is 0.964. The Morgan fingerprint density at radius 2 is 2.00 bits per heavy atom. The number of nitrogen functional groups attached to an aromatic ring is 1. The van der Waals surface area contributed by atoms with Gasteiger partial charge in [0.05, 0.1) is 17.1 Å². The highest BCUT2D eigenvalue weighted by Gasteiger charge is 2.16. The van der Waals surface area contributed by atoms with E-state index >= 15 is 0 Å². The fourth-order valence-electron chi connectivity index (χ4n) is 2.82. The molecule has 4 heterocycles. The second-order valence-corrected chi connectivity index (χ2v) is 5.68. The summed E-state index contributed by atoms with van der Waals surface area (Å²) in [5.74, 6) is 1.17. The van der Waals surface area contributed by atoms with Crippen LogP contribution in [0, 0.1) is 11.3 Å². The zero-order chi connectivity index (χ0) is 18.6. The molecule has 132 valence electrons. The second-order valence-electron chi connectivity index (χ2n) is 5.68. The number of nitrogens with zero attached hydrogens (tertiary/aromatic N) is 7. The number of anilines is 2. The number of nitriles is 1. The monoisotopic (exact) mass is 357 g/mol. The van der Waals surface area contributed by atoms with Crippen LogP contribution in [0.5, 0.6) is 0 Å². The maximum Gasteiger partial charge on any atom is 0.234 e. The first-order valence-electron chi connectivity index (χ1n) is 8.25. The Hall–Kier alpha value is -4.06. The van der Waals surface area contributed by atoms with Crippen molar-refractivity contribution in [1.29, 1.82) is 5.26 Å². The van der Waals surface area contributed by atoms with E-state index in [2.05, 4.69) is 30.2 Å². The number of nitrogens with two attached hydrogens (primary N) is 1. The van der Waals surface area contributed by atoms with Gasteiger partial charge >= 0.3 is 0 Å². The molecular formula is C18H15N9. The number of imidazole rings is 1. The third-order valence-electron chi connectivity index (χ3n) is 4.03. The quantitative estimate of drug-likeness (QED) is 0.552. The summed E-state index contributed by atoms with van der Waals surface area (Å²) in [6.45, 7) is 0.509. The predicted octanol–water partition coefficient (Wildman–Crippen LogP) is 1.69. The van der Waals surface area contributed by atoms with Gasteiger partial charge in [-0.1, -0.05) is 6.07 Å². The van der Waals surface area contributed by atoms with Gasteiger partial charge < -0.3 is 11.1 Å². The van der Waals surface area contributed by atoms with Crippen molar-refractivity contribution >= 4 is 17.4 Å². The number of fused-ring (bicyclic) bond motifs is 1. The van der Waals surface area contributed by atoms with Gasteiger partial charge in [-0.2, -0.15) is 5.26 Å². The summed E-state index contributed by atoms with van der Waals surface area (Å²) >= 11 is 0. The molecule has 9 heteroatoms. The number of aromatic nitrogens is 6. The topological polar surface area (TPSA) is 131 Å². The van der Waals surface area contributed by atoms with Crippen molar-refractivity contribution in [3.8, 4) is 17.5 Å². The van der Waals surface area contributed by atoms with E-state index in [1.807, 2.05) is 40.9 Å². The molecule has 0 bridgehead atoms. The second kappa shape index (κ2) is 7.05. The summed E-state index contributed by atoms with van der Waals surface area (Å²) in [6.07, 6.45) is 7.28. The maximum atomic E-state index is 9.22. The molecule has 0 fully saturated rings. The van der Waals surface area contributed by atoms with E-state index in [4.69, 9.17) is 5.73 Å². The first-order chi connectivity index (χ1) is 13.3. The zero-order valence-electron chi connectivity index (χ0n) is 14.2. The van der Waals surface area contributed by atoms with E-state index < -0.39 is 0 Å². The van der Waals surface area contributed by atoms with Crippen molar-refractivity contribution in [2.45, 2.75) is 6.42 Å². The fourth-order valence-corrected chi connectivity index (χ4v) is 2.82. The molecule has 0 amide bonds. The van der Waals surface area contributed by atoms with Crippen molar-refractivity contribution < 1.29 is 0 Å². The van der Waals surface area contributed by atoms with Crippen LogP contribution >= 0.6 is 0 Å². The molecule has 0 spiro atoms. The third-order valence-corrected chi connectivity index (χ3v) is 4.03. The Morgan fingerprint density at radius 3 is 2.81 bits per heavy atom. The smallest absolute Gasteiger partial charge is 0.234 e. The van der Waals surface area contributed by atoms with Crippen molar-refractivity contribution in [3.63, 3.8) is 0 Å². The van der Waals surface area contributed by atoms with Crippen LogP contribution in [-0.4, -0.2) is 35.9 Å². The normalized spacial score (nSPS) is 10.6. The minimum absolute atomic E-state index is 0.154. The Balaban J connectivity index is 1.64. The molecule has 0 aliphatic rings. The minimum Gasteiger partial charge on any atom is -0.382 e. The van der Waals surface area contributed by atoms with Crippen LogP contribution in [0.4, 0.5) is 11.6 Å². The maximum absolute atomic E-state index is 9.22. The molecule has 4 aromatic heterocycles. The van der Waals surface area contributed by atoms with Crippen molar-refractivity contribution in [2.24, 2.45) is 0 Å². The third kappa shape index (κ3) is 3.11. The van der Waals surface area contributed by atoms with Crippen LogP contribution in [0.15, 0.2) is 49.2 Å². The molecule has 0 saturated carbocycles. The SMILES string of the molecule is N#Cc1c(N)ncnc1NCCc1nc2ncccn2c1-c1ccccn1. The van der Waals surface area contributed by atoms with Crippen molar-refractivity contribution in [1.82, 2.24) is 29.3 Å². The summed E-state index contributed by atoms with van der Waals surface area (Å²) in [5, 5.41) is 12.4. The van der Waals surface area contributed by atoms with E-state index in [1.165, 1.54) is 6.33 Å². The van der Waals surface area contributed by atoms with Crippen LogP contribution in [0.3, 0.4) is 0 Å². The largest absolute Gasteiger partial charge is 0.382 e. The lowest BCUT2D eigenvalue weighted by atomic mass is 10.2. The molecule has 0 aliphatic heterocycles. The first kappa shape index (κ1) is 16.4. The zero-order valence-corrected chi connectivity index (χ0v) is 14.2. The van der Waals surface area contributed by atoms with Crippen LogP contribution in [-0.2, 0) is 6.42 Å². The molecule has 0 radical (unpaired) electrons. The number of hydrogen-bond acceptors (Lipinski definition) is 8. The highest BCUT2D eigenvalue weighted by atomic mass is 15.1. The van der Waals surface area contributed by atoms with Crippen LogP contribution in [0.2, 0.25) is 0 Å². The summed E-state index contributed by atoms with van der Waals surface area (Å²) in [5.41, 5.74) is 8.51. The van der Waals surface area contributed by atoms with Gasteiger partial charge in [0.1, 0.15) is 29.6 Å². The Labute approximate surface area is 154 Å². The average Bonchev–Trinajstić information content (AvgIpc) is 3.07. The van der Waals surface area contributed by atoms with Crippen LogP contribution in [0.1, 0.15) is 11.3 Å². The highest BCUT2D eigenvalue weighted by molar-refractivity contribution is 5.64. The van der Waals surface area contributed by atoms with Crippen molar-refractivity contribution in [2.75, 3.05) is 17.6 Å². The first-order valence-corrected chi connectivity index (χ1v) is 8.25. The molecule has 0 unspecified atom stereocenters. The van der Waals surface area contributed by atoms with Crippen LogP contribution in [0.25, 0.3) is 17.2 Å². The van der Waals surface area contributed by atoms with Gasteiger partial charge in [-0.3, -0.25) is 9.38 Å². The molecule has 4 rings (SSSR count). The molecule has 0 atom stereocenters. The molecule has 0 aromatic carbocycles. The molecule has 9 nitrogen and oxygen atoms in total. The minimum atomic E-state index is 0.154. The van der Waals surface area contributed by atoms with E-state index in [0.29, 0.717) is 24.6 Å². The van der Waals surface area contributed by atoms with Gasteiger partial charge in [0.2, 0.25) is 5.78 Å². The molecule has 0 aliphatic carbocycles. The number of nitrogens with one attached hydrogen (secondary N) is 1. The number of pyridine rings is 1. The molecule has 4 aromatic rings. The lowest BCUT2D eigenvalue weighted by Gasteiger charge is -2.08. The fraction of sp³-hybridized carbons (Fsp3) is 0.111.